The molecule has 0 aromatic rings. The molecule has 0 atom stereocenters. The Kier molecular flexibility index (Phi) is 5.68. The van der Waals surface area contributed by atoms with Crippen molar-refractivity contribution >= 4 is 0 Å². The average molecular weight is 238 g/mol. The SMILES string of the molecule is C=C(CC)CN1CCC(CNC(C)(C)C)CC1. The molecule has 1 rings (SSSR count). The minimum Gasteiger partial charge on any atom is -0.312 e. The number of hydrogen-bond donors (Lipinski definition) is 1. The number of piperidine rings is 1. The van der Waals surface area contributed by atoms with Crippen LogP contribution in [0.15, 0.2) is 12.2 Å². The van der Waals surface area contributed by atoms with Gasteiger partial charge in [-0.05, 0) is 65.6 Å². The molecule has 2 nitrogen and oxygen atoms in total. The van der Waals surface area contributed by atoms with Crippen LogP contribution in [0.2, 0.25) is 0 Å². The summed E-state index contributed by atoms with van der Waals surface area (Å²) in [5, 5.41) is 3.62. The molecule has 0 unspecified atom stereocenters. The van der Waals surface area contributed by atoms with Crippen molar-refractivity contribution in [2.45, 2.75) is 52.5 Å². The van der Waals surface area contributed by atoms with Crippen molar-refractivity contribution in [2.75, 3.05) is 26.2 Å². The molecule has 1 fully saturated rings. The van der Waals surface area contributed by atoms with Gasteiger partial charge in [-0.15, -0.1) is 0 Å². The molecule has 0 aromatic carbocycles. The molecule has 0 radical (unpaired) electrons. The van der Waals surface area contributed by atoms with Gasteiger partial charge in [0.15, 0.2) is 0 Å². The van der Waals surface area contributed by atoms with E-state index in [-0.39, 0.29) is 5.54 Å². The molecule has 0 amide bonds. The van der Waals surface area contributed by atoms with E-state index in [0.717, 1.165) is 18.9 Å². The first-order valence-corrected chi connectivity index (χ1v) is 7.04. The number of rotatable bonds is 5. The second kappa shape index (κ2) is 6.55. The van der Waals surface area contributed by atoms with Gasteiger partial charge in [-0.1, -0.05) is 19.1 Å². The van der Waals surface area contributed by atoms with E-state index in [1.807, 2.05) is 0 Å². The van der Waals surface area contributed by atoms with Gasteiger partial charge in [-0.25, -0.2) is 0 Å². The molecule has 0 bridgehead atoms. The lowest BCUT2D eigenvalue weighted by atomic mass is 9.95. The van der Waals surface area contributed by atoms with Gasteiger partial charge in [0.1, 0.15) is 0 Å². The summed E-state index contributed by atoms with van der Waals surface area (Å²) in [6, 6.07) is 0. The zero-order chi connectivity index (χ0) is 12.9. The van der Waals surface area contributed by atoms with E-state index in [1.54, 1.807) is 0 Å². The van der Waals surface area contributed by atoms with E-state index in [2.05, 4.69) is 44.5 Å². The minimum atomic E-state index is 0.258. The number of likely N-dealkylation sites (tertiary alicyclic amines) is 1. The highest BCUT2D eigenvalue weighted by Gasteiger charge is 2.20. The summed E-state index contributed by atoms with van der Waals surface area (Å²) >= 11 is 0. The number of nitrogens with one attached hydrogen (secondary N) is 1. The number of hydrogen-bond acceptors (Lipinski definition) is 2. The van der Waals surface area contributed by atoms with Crippen LogP contribution in [0, 0.1) is 5.92 Å². The second-order valence-electron chi connectivity index (χ2n) is 6.45. The highest BCUT2D eigenvalue weighted by molar-refractivity contribution is 4.96. The van der Waals surface area contributed by atoms with E-state index in [1.165, 1.54) is 38.0 Å². The third kappa shape index (κ3) is 6.23. The quantitative estimate of drug-likeness (QED) is 0.741. The molecule has 0 aliphatic carbocycles. The lowest BCUT2D eigenvalue weighted by Crippen LogP contribution is -2.43. The summed E-state index contributed by atoms with van der Waals surface area (Å²) in [5.74, 6) is 0.861. The smallest absolute Gasteiger partial charge is 0.0190 e. The van der Waals surface area contributed by atoms with Gasteiger partial charge in [0, 0.05) is 12.1 Å². The van der Waals surface area contributed by atoms with Crippen molar-refractivity contribution in [1.82, 2.24) is 10.2 Å². The van der Waals surface area contributed by atoms with Gasteiger partial charge in [-0.2, -0.15) is 0 Å². The van der Waals surface area contributed by atoms with E-state index in [4.69, 9.17) is 0 Å². The molecule has 0 aromatic heterocycles. The highest BCUT2D eigenvalue weighted by atomic mass is 15.1. The van der Waals surface area contributed by atoms with Crippen LogP contribution >= 0.6 is 0 Å². The molecule has 1 saturated heterocycles. The lowest BCUT2D eigenvalue weighted by molar-refractivity contribution is 0.187. The molecule has 0 saturated carbocycles. The Morgan fingerprint density at radius 1 is 1.29 bits per heavy atom. The third-order valence-corrected chi connectivity index (χ3v) is 3.58. The Morgan fingerprint density at radius 2 is 1.88 bits per heavy atom. The van der Waals surface area contributed by atoms with E-state index in [9.17, 15) is 0 Å². The van der Waals surface area contributed by atoms with E-state index < -0.39 is 0 Å². The summed E-state index contributed by atoms with van der Waals surface area (Å²) in [6.45, 7) is 17.8. The Hall–Kier alpha value is -0.340. The molecule has 0 spiro atoms. The topological polar surface area (TPSA) is 15.3 Å². The largest absolute Gasteiger partial charge is 0.312 e. The monoisotopic (exact) mass is 238 g/mol. The van der Waals surface area contributed by atoms with Crippen LogP contribution in [0.1, 0.15) is 47.0 Å². The predicted octanol–water partition coefficient (Wildman–Crippen LogP) is 3.05. The van der Waals surface area contributed by atoms with Crippen LogP contribution in [0.25, 0.3) is 0 Å². The minimum absolute atomic E-state index is 0.258. The van der Waals surface area contributed by atoms with Crippen molar-refractivity contribution in [3.63, 3.8) is 0 Å². The maximum absolute atomic E-state index is 4.10. The molecule has 1 aliphatic heterocycles. The molecule has 17 heavy (non-hydrogen) atoms. The standard InChI is InChI=1S/C15H30N2/c1-6-13(2)12-17-9-7-14(8-10-17)11-16-15(3,4)5/h14,16H,2,6-12H2,1,3-5H3. The summed E-state index contributed by atoms with van der Waals surface area (Å²) in [4.78, 5) is 2.55. The first kappa shape index (κ1) is 14.7. The Bertz CT molecular complexity index is 232. The average Bonchev–Trinajstić information content (AvgIpc) is 2.27. The van der Waals surface area contributed by atoms with Crippen LogP contribution in [0.3, 0.4) is 0 Å². The molecule has 100 valence electrons. The molecule has 1 heterocycles. The predicted molar refractivity (Wildman–Crippen MR) is 76.4 cm³/mol. The lowest BCUT2D eigenvalue weighted by Gasteiger charge is -2.34. The summed E-state index contributed by atoms with van der Waals surface area (Å²) in [7, 11) is 0. The first-order chi connectivity index (χ1) is 7.90. The van der Waals surface area contributed by atoms with Crippen molar-refractivity contribution in [3.8, 4) is 0 Å². The first-order valence-electron chi connectivity index (χ1n) is 7.04. The zero-order valence-electron chi connectivity index (χ0n) is 12.2. The summed E-state index contributed by atoms with van der Waals surface area (Å²) < 4.78 is 0. The van der Waals surface area contributed by atoms with Crippen LogP contribution in [-0.2, 0) is 0 Å². The van der Waals surface area contributed by atoms with Crippen LogP contribution in [0.5, 0.6) is 0 Å². The fourth-order valence-corrected chi connectivity index (χ4v) is 2.23. The molecular weight excluding hydrogens is 208 g/mol. The number of nitrogens with zero attached hydrogens (tertiary/aromatic N) is 1. The second-order valence-corrected chi connectivity index (χ2v) is 6.45. The van der Waals surface area contributed by atoms with Crippen LogP contribution in [-0.4, -0.2) is 36.6 Å². The fraction of sp³-hybridized carbons (Fsp3) is 0.867. The van der Waals surface area contributed by atoms with Crippen molar-refractivity contribution in [1.29, 1.82) is 0 Å². The van der Waals surface area contributed by atoms with Crippen LogP contribution < -0.4 is 5.32 Å². The fourth-order valence-electron chi connectivity index (χ4n) is 2.23. The van der Waals surface area contributed by atoms with Crippen molar-refractivity contribution in [2.24, 2.45) is 5.92 Å². The highest BCUT2D eigenvalue weighted by Crippen LogP contribution is 2.18. The normalized spacial score (nSPS) is 19.5. The van der Waals surface area contributed by atoms with Gasteiger partial charge >= 0.3 is 0 Å². The van der Waals surface area contributed by atoms with Crippen LogP contribution in [0.4, 0.5) is 0 Å². The van der Waals surface area contributed by atoms with Gasteiger partial charge in [0.25, 0.3) is 0 Å². The van der Waals surface area contributed by atoms with E-state index in [0.29, 0.717) is 0 Å². The summed E-state index contributed by atoms with van der Waals surface area (Å²) in [5.41, 5.74) is 1.63. The third-order valence-electron chi connectivity index (χ3n) is 3.58. The van der Waals surface area contributed by atoms with Crippen molar-refractivity contribution in [3.05, 3.63) is 12.2 Å². The zero-order valence-corrected chi connectivity index (χ0v) is 12.2. The maximum atomic E-state index is 4.10. The Morgan fingerprint density at radius 3 is 2.35 bits per heavy atom. The van der Waals surface area contributed by atoms with E-state index >= 15 is 0 Å². The van der Waals surface area contributed by atoms with Gasteiger partial charge in [-0.3, -0.25) is 4.90 Å². The molecular formula is C15H30N2. The molecule has 2 heteroatoms. The Labute approximate surface area is 107 Å². The van der Waals surface area contributed by atoms with Crippen molar-refractivity contribution < 1.29 is 0 Å². The molecule has 1 aliphatic rings. The Balaban J connectivity index is 2.19. The summed E-state index contributed by atoms with van der Waals surface area (Å²) in [6.07, 6.45) is 3.78. The van der Waals surface area contributed by atoms with Gasteiger partial charge in [0.2, 0.25) is 0 Å². The molecule has 1 N–H and O–H groups in total. The van der Waals surface area contributed by atoms with Gasteiger partial charge < -0.3 is 5.32 Å². The van der Waals surface area contributed by atoms with Gasteiger partial charge in [0.05, 0.1) is 0 Å². The maximum Gasteiger partial charge on any atom is 0.0190 e.